The zero-order chi connectivity index (χ0) is 15.1. The van der Waals surface area contributed by atoms with Crippen molar-refractivity contribution in [3.8, 4) is 5.75 Å². The predicted molar refractivity (Wildman–Crippen MR) is 75.5 cm³/mol. The lowest BCUT2D eigenvalue weighted by Gasteiger charge is -2.16. The monoisotopic (exact) mass is 292 g/mol. The topological polar surface area (TPSA) is 54.7 Å². The second kappa shape index (κ2) is 7.33. The lowest BCUT2D eigenvalue weighted by atomic mass is 10.3. The molecule has 0 aliphatic rings. The molecule has 1 heterocycles. The number of ether oxygens (including phenoxy) is 1. The number of nitrogens with zero attached hydrogens (tertiary/aromatic N) is 1. The van der Waals surface area contributed by atoms with Crippen LogP contribution in [0.25, 0.3) is 0 Å². The minimum atomic E-state index is -0.352. The van der Waals surface area contributed by atoms with Crippen LogP contribution in [0.2, 0.25) is 0 Å². The summed E-state index contributed by atoms with van der Waals surface area (Å²) in [6.07, 6.45) is 1.56. The highest BCUT2D eigenvalue weighted by Gasteiger charge is 2.09. The van der Waals surface area contributed by atoms with Crippen LogP contribution in [0.5, 0.6) is 5.75 Å². The molecule has 0 bridgehead atoms. The van der Waals surface area contributed by atoms with E-state index in [1.165, 1.54) is 17.0 Å². The number of carbonyl (C=O) groups is 1. The number of benzene rings is 1. The van der Waals surface area contributed by atoms with Crippen molar-refractivity contribution in [2.75, 3.05) is 20.2 Å². The van der Waals surface area contributed by atoms with Crippen LogP contribution in [0, 0.1) is 5.82 Å². The van der Waals surface area contributed by atoms with Crippen molar-refractivity contribution in [2.24, 2.45) is 0 Å². The van der Waals surface area contributed by atoms with Gasteiger partial charge in [0.05, 0.1) is 19.4 Å². The summed E-state index contributed by atoms with van der Waals surface area (Å²) in [4.78, 5) is 13.3. The Kier molecular flexibility index (Phi) is 5.20. The maximum Gasteiger partial charge on any atom is 0.317 e. The van der Waals surface area contributed by atoms with E-state index in [0.717, 1.165) is 0 Å². The van der Waals surface area contributed by atoms with Crippen molar-refractivity contribution < 1.29 is 18.3 Å². The first-order chi connectivity index (χ1) is 10.1. The normalized spacial score (nSPS) is 10.2. The Morgan fingerprint density at radius 2 is 2.24 bits per heavy atom. The first-order valence-corrected chi connectivity index (χ1v) is 6.55. The number of amides is 2. The van der Waals surface area contributed by atoms with Crippen LogP contribution in [-0.4, -0.2) is 31.1 Å². The van der Waals surface area contributed by atoms with Gasteiger partial charge >= 0.3 is 6.03 Å². The molecule has 2 rings (SSSR count). The molecule has 2 amide bonds. The van der Waals surface area contributed by atoms with Gasteiger partial charge in [0.2, 0.25) is 0 Å². The molecule has 0 aliphatic carbocycles. The number of rotatable bonds is 6. The average Bonchev–Trinajstić information content (AvgIpc) is 2.96. The summed E-state index contributed by atoms with van der Waals surface area (Å²) < 4.78 is 23.4. The predicted octanol–water partition coefficient (Wildman–Crippen LogP) is 2.64. The van der Waals surface area contributed by atoms with Gasteiger partial charge in [0.25, 0.3) is 0 Å². The molecule has 0 atom stereocenters. The van der Waals surface area contributed by atoms with E-state index in [2.05, 4.69) is 5.32 Å². The van der Waals surface area contributed by atoms with Gasteiger partial charge in [0.15, 0.2) is 0 Å². The van der Waals surface area contributed by atoms with Crippen molar-refractivity contribution in [2.45, 2.75) is 6.54 Å². The molecule has 1 aromatic carbocycles. The fraction of sp³-hybridized carbons (Fsp3) is 0.267. The number of hydrogen-bond donors (Lipinski definition) is 1. The standard InChI is InChI=1S/C15H17FN2O3/c1-18(11-14-6-3-8-20-14)15(19)17-7-9-21-13-5-2-4-12(16)10-13/h2-6,8,10H,7,9,11H2,1H3,(H,17,19). The fourth-order valence-corrected chi connectivity index (χ4v) is 1.73. The van der Waals surface area contributed by atoms with Crippen LogP contribution >= 0.6 is 0 Å². The molecule has 2 aromatic rings. The van der Waals surface area contributed by atoms with Gasteiger partial charge in [-0.2, -0.15) is 0 Å². The van der Waals surface area contributed by atoms with E-state index in [9.17, 15) is 9.18 Å². The van der Waals surface area contributed by atoms with Gasteiger partial charge < -0.3 is 19.4 Å². The first kappa shape index (κ1) is 14.9. The second-order valence-corrected chi connectivity index (χ2v) is 4.47. The molecule has 5 nitrogen and oxygen atoms in total. The van der Waals surface area contributed by atoms with Crippen molar-refractivity contribution in [1.82, 2.24) is 10.2 Å². The van der Waals surface area contributed by atoms with Crippen LogP contribution in [0.1, 0.15) is 5.76 Å². The summed E-state index contributed by atoms with van der Waals surface area (Å²) in [6, 6.07) is 9.22. The van der Waals surface area contributed by atoms with Gasteiger partial charge in [-0.3, -0.25) is 0 Å². The highest BCUT2D eigenvalue weighted by atomic mass is 19.1. The molecule has 0 unspecified atom stereocenters. The van der Waals surface area contributed by atoms with Crippen molar-refractivity contribution in [3.63, 3.8) is 0 Å². The van der Waals surface area contributed by atoms with Gasteiger partial charge in [0, 0.05) is 13.1 Å². The second-order valence-electron chi connectivity index (χ2n) is 4.47. The summed E-state index contributed by atoms with van der Waals surface area (Å²) in [6.45, 7) is 0.991. The largest absolute Gasteiger partial charge is 0.492 e. The van der Waals surface area contributed by atoms with E-state index in [1.807, 2.05) is 0 Å². The van der Waals surface area contributed by atoms with Crippen LogP contribution < -0.4 is 10.1 Å². The summed E-state index contributed by atoms with van der Waals surface area (Å²) in [7, 11) is 1.67. The van der Waals surface area contributed by atoms with Gasteiger partial charge in [0.1, 0.15) is 23.9 Å². The highest BCUT2D eigenvalue weighted by molar-refractivity contribution is 5.73. The minimum Gasteiger partial charge on any atom is -0.492 e. The number of furan rings is 1. The van der Waals surface area contributed by atoms with Crippen molar-refractivity contribution in [3.05, 3.63) is 54.2 Å². The lowest BCUT2D eigenvalue weighted by molar-refractivity contribution is 0.199. The van der Waals surface area contributed by atoms with Gasteiger partial charge in [-0.1, -0.05) is 6.07 Å². The summed E-state index contributed by atoms with van der Waals surface area (Å²) in [5.74, 6) is 0.798. The maximum atomic E-state index is 12.9. The average molecular weight is 292 g/mol. The third-order valence-corrected chi connectivity index (χ3v) is 2.76. The number of carbonyl (C=O) groups excluding carboxylic acids is 1. The van der Waals surface area contributed by atoms with Crippen LogP contribution in [0.3, 0.4) is 0 Å². The van der Waals surface area contributed by atoms with E-state index in [0.29, 0.717) is 24.6 Å². The Hall–Kier alpha value is -2.50. The third-order valence-electron chi connectivity index (χ3n) is 2.76. The van der Waals surface area contributed by atoms with Crippen LogP contribution in [0.15, 0.2) is 47.1 Å². The molecule has 0 radical (unpaired) electrons. The van der Waals surface area contributed by atoms with Gasteiger partial charge in [-0.25, -0.2) is 9.18 Å². The lowest BCUT2D eigenvalue weighted by Crippen LogP contribution is -2.38. The molecular weight excluding hydrogens is 275 g/mol. The maximum absolute atomic E-state index is 12.9. The number of hydrogen-bond acceptors (Lipinski definition) is 3. The SMILES string of the molecule is CN(Cc1ccco1)C(=O)NCCOc1cccc(F)c1. The molecule has 1 aromatic heterocycles. The Bertz CT molecular complexity index is 572. The number of nitrogens with one attached hydrogen (secondary N) is 1. The van der Waals surface area contributed by atoms with Gasteiger partial charge in [-0.05, 0) is 24.3 Å². The zero-order valence-corrected chi connectivity index (χ0v) is 11.7. The molecule has 0 saturated heterocycles. The number of urea groups is 1. The van der Waals surface area contributed by atoms with E-state index in [4.69, 9.17) is 9.15 Å². The molecule has 112 valence electrons. The molecule has 1 N–H and O–H groups in total. The Morgan fingerprint density at radius 3 is 2.95 bits per heavy atom. The van der Waals surface area contributed by atoms with Gasteiger partial charge in [-0.15, -0.1) is 0 Å². The fourth-order valence-electron chi connectivity index (χ4n) is 1.73. The first-order valence-electron chi connectivity index (χ1n) is 6.55. The Morgan fingerprint density at radius 1 is 1.38 bits per heavy atom. The molecule has 6 heteroatoms. The molecule has 0 aliphatic heterocycles. The third kappa shape index (κ3) is 4.83. The smallest absolute Gasteiger partial charge is 0.317 e. The van der Waals surface area contributed by atoms with Crippen LogP contribution in [-0.2, 0) is 6.54 Å². The van der Waals surface area contributed by atoms with Crippen molar-refractivity contribution in [1.29, 1.82) is 0 Å². The number of halogens is 1. The molecule has 0 spiro atoms. The molecular formula is C15H17FN2O3. The zero-order valence-electron chi connectivity index (χ0n) is 11.7. The summed E-state index contributed by atoms with van der Waals surface area (Å²) in [5, 5.41) is 2.71. The van der Waals surface area contributed by atoms with E-state index in [1.54, 1.807) is 37.6 Å². The van der Waals surface area contributed by atoms with Crippen molar-refractivity contribution >= 4 is 6.03 Å². The molecule has 0 fully saturated rings. The minimum absolute atomic E-state index is 0.228. The van der Waals surface area contributed by atoms with E-state index in [-0.39, 0.29) is 18.5 Å². The van der Waals surface area contributed by atoms with E-state index < -0.39 is 0 Å². The Balaban J connectivity index is 1.67. The quantitative estimate of drug-likeness (QED) is 0.833. The van der Waals surface area contributed by atoms with E-state index >= 15 is 0 Å². The Labute approximate surface area is 122 Å². The molecule has 0 saturated carbocycles. The summed E-state index contributed by atoms with van der Waals surface area (Å²) in [5.41, 5.74) is 0. The highest BCUT2D eigenvalue weighted by Crippen LogP contribution is 2.11. The van der Waals surface area contributed by atoms with Crippen LogP contribution in [0.4, 0.5) is 9.18 Å². The molecule has 21 heavy (non-hydrogen) atoms. The summed E-state index contributed by atoms with van der Waals surface area (Å²) >= 11 is 0.